The largest absolute Gasteiger partial charge is 0.151 e. The summed E-state index contributed by atoms with van der Waals surface area (Å²) in [5.74, 6) is 0. The summed E-state index contributed by atoms with van der Waals surface area (Å²) in [6, 6.07) is 19.4. The Morgan fingerprint density at radius 3 is 1.20 bits per heavy atom. The molecule has 15 heavy (non-hydrogen) atoms. The van der Waals surface area contributed by atoms with E-state index in [2.05, 4.69) is 10.2 Å². The summed E-state index contributed by atoms with van der Waals surface area (Å²) in [7, 11) is 0. The minimum atomic E-state index is 0. The molecule has 3 radical (unpaired) electrons. The van der Waals surface area contributed by atoms with Crippen molar-refractivity contribution in [2.75, 3.05) is 0 Å². The van der Waals surface area contributed by atoms with Gasteiger partial charge in [0.25, 0.3) is 0 Å². The van der Waals surface area contributed by atoms with Crippen molar-refractivity contribution in [3.8, 4) is 0 Å². The Kier molecular flexibility index (Phi) is 4.19. The number of rotatable bonds is 2. The van der Waals surface area contributed by atoms with Crippen LogP contribution in [0.5, 0.6) is 0 Å². The second kappa shape index (κ2) is 5.67. The monoisotopic (exact) mass is 196 g/mol. The first kappa shape index (κ1) is 11.1. The molecule has 0 aliphatic carbocycles. The minimum Gasteiger partial charge on any atom is -0.151 e. The van der Waals surface area contributed by atoms with Crippen LogP contribution in [-0.4, -0.2) is 0 Å². The van der Waals surface area contributed by atoms with Crippen LogP contribution in [0.25, 0.3) is 0 Å². The number of nitrogens with zero attached hydrogens (tertiary/aromatic N) is 3. The summed E-state index contributed by atoms with van der Waals surface area (Å²) in [4.78, 5) is 0. The molecule has 0 aliphatic heterocycles. The molecular formula is C12H10N3. The molecule has 0 atom stereocenters. The van der Waals surface area contributed by atoms with Crippen molar-refractivity contribution in [3.05, 3.63) is 60.7 Å². The quantitative estimate of drug-likeness (QED) is 0.659. The fourth-order valence-corrected chi connectivity index (χ4v) is 1.10. The van der Waals surface area contributed by atoms with Gasteiger partial charge in [0.2, 0.25) is 0 Å². The van der Waals surface area contributed by atoms with Crippen LogP contribution in [0.1, 0.15) is 0 Å². The third-order valence-electron chi connectivity index (χ3n) is 1.79. The maximum absolute atomic E-state index is 4.10. The Bertz CT molecular complexity index is 368. The van der Waals surface area contributed by atoms with E-state index in [1.807, 2.05) is 60.7 Å². The molecule has 0 saturated carbocycles. The van der Waals surface area contributed by atoms with E-state index in [1.54, 1.807) is 0 Å². The molecule has 0 bridgehead atoms. The SMILES string of the molecule is [N].c1ccc(N=Nc2ccccc2)cc1. The number of hydrogen-bond acceptors (Lipinski definition) is 2. The third kappa shape index (κ3) is 3.32. The van der Waals surface area contributed by atoms with E-state index < -0.39 is 0 Å². The molecule has 2 aromatic carbocycles. The molecule has 0 unspecified atom stereocenters. The summed E-state index contributed by atoms with van der Waals surface area (Å²) < 4.78 is 0. The first-order valence-electron chi connectivity index (χ1n) is 4.47. The second-order valence-corrected chi connectivity index (χ2v) is 2.87. The van der Waals surface area contributed by atoms with Crippen molar-refractivity contribution in [1.29, 1.82) is 0 Å². The first-order chi connectivity index (χ1) is 6.95. The van der Waals surface area contributed by atoms with E-state index in [-0.39, 0.29) is 6.15 Å². The Balaban J connectivity index is 0.00000112. The van der Waals surface area contributed by atoms with Gasteiger partial charge in [0, 0.05) is 6.15 Å². The topological polar surface area (TPSA) is 55.2 Å². The fraction of sp³-hybridized carbons (Fsp3) is 0. The third-order valence-corrected chi connectivity index (χ3v) is 1.79. The zero-order chi connectivity index (χ0) is 9.64. The predicted molar refractivity (Wildman–Crippen MR) is 59.2 cm³/mol. The van der Waals surface area contributed by atoms with Crippen LogP contribution < -0.4 is 6.15 Å². The fourth-order valence-electron chi connectivity index (χ4n) is 1.10. The van der Waals surface area contributed by atoms with Gasteiger partial charge < -0.3 is 0 Å². The normalized spacial score (nSPS) is 9.87. The Hall–Kier alpha value is -2.00. The van der Waals surface area contributed by atoms with Gasteiger partial charge in [-0.1, -0.05) is 36.4 Å². The van der Waals surface area contributed by atoms with Gasteiger partial charge in [0.1, 0.15) is 0 Å². The average Bonchev–Trinajstić information content (AvgIpc) is 2.29. The lowest BCUT2D eigenvalue weighted by Crippen LogP contribution is -1.62. The molecule has 0 saturated heterocycles. The number of benzene rings is 2. The van der Waals surface area contributed by atoms with E-state index >= 15 is 0 Å². The Morgan fingerprint density at radius 2 is 0.867 bits per heavy atom. The van der Waals surface area contributed by atoms with E-state index in [4.69, 9.17) is 0 Å². The zero-order valence-electron chi connectivity index (χ0n) is 8.12. The van der Waals surface area contributed by atoms with Crippen LogP contribution in [0.15, 0.2) is 70.9 Å². The van der Waals surface area contributed by atoms with Gasteiger partial charge in [0.05, 0.1) is 11.4 Å². The Labute approximate surface area is 89.1 Å². The van der Waals surface area contributed by atoms with E-state index in [9.17, 15) is 0 Å². The van der Waals surface area contributed by atoms with Gasteiger partial charge in [-0.25, -0.2) is 0 Å². The van der Waals surface area contributed by atoms with Crippen LogP contribution in [0.4, 0.5) is 11.4 Å². The molecule has 2 rings (SSSR count). The summed E-state index contributed by atoms with van der Waals surface area (Å²) in [6.45, 7) is 0. The van der Waals surface area contributed by atoms with Crippen molar-refractivity contribution in [2.45, 2.75) is 0 Å². The maximum atomic E-state index is 4.10. The van der Waals surface area contributed by atoms with Crippen LogP contribution in [-0.2, 0) is 0 Å². The molecule has 73 valence electrons. The lowest BCUT2D eigenvalue weighted by molar-refractivity contribution is 1.23. The van der Waals surface area contributed by atoms with Gasteiger partial charge in [-0.3, -0.25) is 0 Å². The van der Waals surface area contributed by atoms with E-state index in [1.165, 1.54) is 0 Å². The molecular weight excluding hydrogens is 186 g/mol. The predicted octanol–water partition coefficient (Wildman–Crippen LogP) is 3.62. The Morgan fingerprint density at radius 1 is 0.533 bits per heavy atom. The molecule has 0 amide bonds. The zero-order valence-corrected chi connectivity index (χ0v) is 8.12. The summed E-state index contributed by atoms with van der Waals surface area (Å²) >= 11 is 0. The van der Waals surface area contributed by atoms with E-state index in [0.29, 0.717) is 0 Å². The standard InChI is InChI=1S/C12H10N2.N/c1-3-7-11(8-4-1)13-14-12-9-5-2-6-10-12;/h1-10H;. The lowest BCUT2D eigenvalue weighted by atomic mass is 10.3. The molecule has 0 spiro atoms. The average molecular weight is 196 g/mol. The highest BCUT2D eigenvalue weighted by Crippen LogP contribution is 2.16. The van der Waals surface area contributed by atoms with Gasteiger partial charge in [-0.05, 0) is 24.3 Å². The molecule has 0 fully saturated rings. The smallest absolute Gasteiger partial charge is 0.0857 e. The maximum Gasteiger partial charge on any atom is 0.0857 e. The van der Waals surface area contributed by atoms with Crippen molar-refractivity contribution < 1.29 is 0 Å². The van der Waals surface area contributed by atoms with Gasteiger partial charge in [-0.2, -0.15) is 10.2 Å². The van der Waals surface area contributed by atoms with Gasteiger partial charge in [-0.15, -0.1) is 0 Å². The van der Waals surface area contributed by atoms with Gasteiger partial charge >= 0.3 is 0 Å². The molecule has 3 nitrogen and oxygen atoms in total. The highest BCUT2D eigenvalue weighted by molar-refractivity contribution is 5.39. The molecule has 3 heteroatoms. The lowest BCUT2D eigenvalue weighted by Gasteiger charge is -1.91. The van der Waals surface area contributed by atoms with Crippen LogP contribution in [0, 0.1) is 0 Å². The highest BCUT2D eigenvalue weighted by Gasteiger charge is 1.86. The van der Waals surface area contributed by atoms with Crippen LogP contribution >= 0.6 is 0 Å². The minimum absolute atomic E-state index is 0. The van der Waals surface area contributed by atoms with Crippen molar-refractivity contribution in [3.63, 3.8) is 0 Å². The van der Waals surface area contributed by atoms with Gasteiger partial charge in [0.15, 0.2) is 0 Å². The molecule has 0 N–H and O–H groups in total. The molecule has 0 aromatic heterocycles. The van der Waals surface area contributed by atoms with Crippen molar-refractivity contribution >= 4 is 11.4 Å². The highest BCUT2D eigenvalue weighted by atomic mass is 15.1. The second-order valence-electron chi connectivity index (χ2n) is 2.87. The van der Waals surface area contributed by atoms with Crippen molar-refractivity contribution in [2.24, 2.45) is 10.2 Å². The molecule has 0 aliphatic rings. The summed E-state index contributed by atoms with van der Waals surface area (Å²) in [5, 5.41) is 8.20. The molecule has 0 heterocycles. The van der Waals surface area contributed by atoms with E-state index in [0.717, 1.165) is 11.4 Å². The summed E-state index contributed by atoms with van der Waals surface area (Å²) in [5.41, 5.74) is 1.74. The number of hydrogen-bond donors (Lipinski definition) is 0. The number of azo groups is 1. The van der Waals surface area contributed by atoms with Crippen molar-refractivity contribution in [1.82, 2.24) is 6.15 Å². The summed E-state index contributed by atoms with van der Waals surface area (Å²) in [6.07, 6.45) is 0. The first-order valence-corrected chi connectivity index (χ1v) is 4.47. The van der Waals surface area contributed by atoms with Crippen LogP contribution in [0.3, 0.4) is 0 Å². The molecule has 2 aromatic rings. The van der Waals surface area contributed by atoms with Crippen LogP contribution in [0.2, 0.25) is 0 Å².